The molecule has 1 atom stereocenters. The van der Waals surface area contributed by atoms with Gasteiger partial charge in [0, 0.05) is 6.54 Å². The molecule has 0 aromatic rings. The van der Waals surface area contributed by atoms with Crippen molar-refractivity contribution in [2.75, 3.05) is 13.1 Å². The van der Waals surface area contributed by atoms with Crippen LogP contribution in [0.2, 0.25) is 0 Å². The number of hydrogen-bond donors (Lipinski definition) is 1. The number of piperidine rings is 1. The highest BCUT2D eigenvalue weighted by Crippen LogP contribution is 2.26. The Bertz CT molecular complexity index is 106. The maximum Gasteiger partial charge on any atom is 0.0703 e. The van der Waals surface area contributed by atoms with Gasteiger partial charge in [-0.15, -0.1) is 0 Å². The van der Waals surface area contributed by atoms with E-state index in [0.29, 0.717) is 12.2 Å². The fourth-order valence-electron chi connectivity index (χ4n) is 1.41. The van der Waals surface area contributed by atoms with E-state index in [4.69, 9.17) is 4.74 Å². The van der Waals surface area contributed by atoms with Crippen LogP contribution in [0.15, 0.2) is 0 Å². The quantitative estimate of drug-likeness (QED) is 0.617. The van der Waals surface area contributed by atoms with Gasteiger partial charge in [-0.1, -0.05) is 0 Å². The van der Waals surface area contributed by atoms with Gasteiger partial charge in [-0.05, 0) is 32.2 Å². The molecule has 0 aromatic heterocycles. The lowest BCUT2D eigenvalue weighted by molar-refractivity contribution is 0.0249. The predicted molar refractivity (Wildman–Crippen MR) is 40.0 cm³/mol. The summed E-state index contributed by atoms with van der Waals surface area (Å²) in [5.41, 5.74) is 0. The van der Waals surface area contributed by atoms with E-state index in [2.05, 4.69) is 5.32 Å². The smallest absolute Gasteiger partial charge is 0.0703 e. The third-order valence-corrected chi connectivity index (χ3v) is 2.16. The Morgan fingerprint density at radius 1 is 1.10 bits per heavy atom. The zero-order valence-electron chi connectivity index (χ0n) is 6.31. The molecule has 2 aliphatic rings. The summed E-state index contributed by atoms with van der Waals surface area (Å²) in [6.45, 7) is 2.26. The van der Waals surface area contributed by atoms with Gasteiger partial charge in [0.05, 0.1) is 12.2 Å². The average Bonchev–Trinajstić information content (AvgIpc) is 2.74. The molecule has 10 heavy (non-hydrogen) atoms. The Morgan fingerprint density at radius 3 is 2.60 bits per heavy atom. The summed E-state index contributed by atoms with van der Waals surface area (Å²) < 4.78 is 5.74. The second-order valence-electron chi connectivity index (χ2n) is 3.30. The summed E-state index contributed by atoms with van der Waals surface area (Å²) in [7, 11) is 0. The molecule has 2 rings (SSSR count). The van der Waals surface area contributed by atoms with Gasteiger partial charge in [-0.2, -0.15) is 0 Å². The normalized spacial score (nSPS) is 34.2. The molecule has 58 valence electrons. The topological polar surface area (TPSA) is 21.3 Å². The van der Waals surface area contributed by atoms with Crippen LogP contribution in [0, 0.1) is 0 Å². The Hall–Kier alpha value is -0.0800. The first kappa shape index (κ1) is 6.62. The van der Waals surface area contributed by atoms with E-state index < -0.39 is 0 Å². The van der Waals surface area contributed by atoms with Gasteiger partial charge in [0.15, 0.2) is 0 Å². The number of nitrogens with one attached hydrogen (secondary N) is 1. The van der Waals surface area contributed by atoms with Crippen molar-refractivity contribution < 1.29 is 4.74 Å². The van der Waals surface area contributed by atoms with Crippen LogP contribution < -0.4 is 5.32 Å². The number of hydrogen-bond acceptors (Lipinski definition) is 2. The third kappa shape index (κ3) is 1.70. The second kappa shape index (κ2) is 2.89. The van der Waals surface area contributed by atoms with Crippen molar-refractivity contribution in [1.82, 2.24) is 5.32 Å². The standard InChI is InChI=1S/C8H15NO/c1-2-8(6-9-5-1)10-7-3-4-7/h7-9H,1-6H2. The Labute approximate surface area is 61.9 Å². The van der Waals surface area contributed by atoms with Crippen molar-refractivity contribution >= 4 is 0 Å². The molecule has 0 amide bonds. The van der Waals surface area contributed by atoms with Gasteiger partial charge in [-0.3, -0.25) is 0 Å². The Kier molecular flexibility index (Phi) is 1.91. The molecule has 1 unspecified atom stereocenters. The van der Waals surface area contributed by atoms with Crippen LogP contribution >= 0.6 is 0 Å². The highest BCUT2D eigenvalue weighted by atomic mass is 16.5. The second-order valence-corrected chi connectivity index (χ2v) is 3.30. The maximum atomic E-state index is 5.74. The molecule has 1 aliphatic carbocycles. The summed E-state index contributed by atoms with van der Waals surface area (Å²) in [4.78, 5) is 0. The number of ether oxygens (including phenoxy) is 1. The van der Waals surface area contributed by atoms with Gasteiger partial charge in [-0.25, -0.2) is 0 Å². The van der Waals surface area contributed by atoms with E-state index in [9.17, 15) is 0 Å². The first-order valence-electron chi connectivity index (χ1n) is 4.31. The molecule has 1 saturated heterocycles. The van der Waals surface area contributed by atoms with Crippen molar-refractivity contribution in [3.63, 3.8) is 0 Å². The minimum absolute atomic E-state index is 0.529. The summed E-state index contributed by atoms with van der Waals surface area (Å²) >= 11 is 0. The van der Waals surface area contributed by atoms with E-state index in [1.165, 1.54) is 32.2 Å². The SMILES string of the molecule is C1CNCC(OC2CC2)C1. The fourth-order valence-corrected chi connectivity index (χ4v) is 1.41. The van der Waals surface area contributed by atoms with E-state index in [0.717, 1.165) is 6.54 Å². The first-order chi connectivity index (χ1) is 4.95. The van der Waals surface area contributed by atoms with Crippen LogP contribution in [0.4, 0.5) is 0 Å². The van der Waals surface area contributed by atoms with Crippen LogP contribution in [0.25, 0.3) is 0 Å². The first-order valence-corrected chi connectivity index (χ1v) is 4.31. The summed E-state index contributed by atoms with van der Waals surface area (Å²) in [6, 6.07) is 0. The van der Waals surface area contributed by atoms with Crippen LogP contribution in [0.3, 0.4) is 0 Å². The van der Waals surface area contributed by atoms with Crippen LogP contribution in [-0.4, -0.2) is 25.3 Å². The number of rotatable bonds is 2. The van der Waals surface area contributed by atoms with Crippen molar-refractivity contribution in [2.24, 2.45) is 0 Å². The van der Waals surface area contributed by atoms with E-state index in [-0.39, 0.29) is 0 Å². The zero-order chi connectivity index (χ0) is 6.81. The molecule has 1 heterocycles. The Balaban J connectivity index is 1.69. The molecular formula is C8H15NO. The maximum absolute atomic E-state index is 5.74. The van der Waals surface area contributed by atoms with Crippen LogP contribution in [0.1, 0.15) is 25.7 Å². The molecule has 2 heteroatoms. The van der Waals surface area contributed by atoms with Gasteiger partial charge >= 0.3 is 0 Å². The molecule has 1 saturated carbocycles. The van der Waals surface area contributed by atoms with Gasteiger partial charge in [0.1, 0.15) is 0 Å². The molecule has 2 fully saturated rings. The van der Waals surface area contributed by atoms with Gasteiger partial charge < -0.3 is 10.1 Å². The fraction of sp³-hybridized carbons (Fsp3) is 1.00. The lowest BCUT2D eigenvalue weighted by Gasteiger charge is -2.22. The van der Waals surface area contributed by atoms with Gasteiger partial charge in [0.2, 0.25) is 0 Å². The molecule has 0 bridgehead atoms. The third-order valence-electron chi connectivity index (χ3n) is 2.16. The van der Waals surface area contributed by atoms with Crippen LogP contribution in [-0.2, 0) is 4.74 Å². The van der Waals surface area contributed by atoms with E-state index in [1.807, 2.05) is 0 Å². The lowest BCUT2D eigenvalue weighted by Crippen LogP contribution is -2.35. The molecular weight excluding hydrogens is 126 g/mol. The highest BCUT2D eigenvalue weighted by molar-refractivity contribution is 4.78. The molecule has 0 radical (unpaired) electrons. The largest absolute Gasteiger partial charge is 0.374 e. The highest BCUT2D eigenvalue weighted by Gasteiger charge is 2.26. The molecule has 1 N–H and O–H groups in total. The van der Waals surface area contributed by atoms with Crippen molar-refractivity contribution in [1.29, 1.82) is 0 Å². The predicted octanol–water partition coefficient (Wildman–Crippen LogP) is 0.917. The Morgan fingerprint density at radius 2 is 2.00 bits per heavy atom. The van der Waals surface area contributed by atoms with Crippen molar-refractivity contribution in [3.05, 3.63) is 0 Å². The average molecular weight is 141 g/mol. The summed E-state index contributed by atoms with van der Waals surface area (Å²) in [5, 5.41) is 3.34. The van der Waals surface area contributed by atoms with E-state index in [1.54, 1.807) is 0 Å². The van der Waals surface area contributed by atoms with Crippen molar-refractivity contribution in [3.8, 4) is 0 Å². The zero-order valence-corrected chi connectivity index (χ0v) is 6.31. The molecule has 2 nitrogen and oxygen atoms in total. The van der Waals surface area contributed by atoms with Crippen LogP contribution in [0.5, 0.6) is 0 Å². The summed E-state index contributed by atoms with van der Waals surface area (Å²) in [5.74, 6) is 0. The summed E-state index contributed by atoms with van der Waals surface area (Å²) in [6.07, 6.45) is 6.32. The molecule has 0 aromatic carbocycles. The lowest BCUT2D eigenvalue weighted by atomic mass is 10.1. The van der Waals surface area contributed by atoms with E-state index >= 15 is 0 Å². The minimum Gasteiger partial charge on any atom is -0.374 e. The molecule has 1 aliphatic heterocycles. The van der Waals surface area contributed by atoms with Gasteiger partial charge in [0.25, 0.3) is 0 Å². The van der Waals surface area contributed by atoms with Crippen molar-refractivity contribution in [2.45, 2.75) is 37.9 Å². The minimum atomic E-state index is 0.529. The monoisotopic (exact) mass is 141 g/mol. The molecule has 0 spiro atoms.